The minimum absolute atomic E-state index is 0.126. The van der Waals surface area contributed by atoms with Crippen LogP contribution in [-0.2, 0) is 13.1 Å². The van der Waals surface area contributed by atoms with E-state index in [9.17, 15) is 24.6 Å². The first-order valence-electron chi connectivity index (χ1n) is 16.9. The number of aliphatic hydroxyl groups is 2. The fourth-order valence-electron chi connectivity index (χ4n) is 6.12. The summed E-state index contributed by atoms with van der Waals surface area (Å²) >= 11 is 12.8. The second-order valence-corrected chi connectivity index (χ2v) is 14.8. The standard InChI is InChI=1S/C22H23BrN6O5.C15H10BrClN4O/c23-14-3-1-2-12(6-14)9-29-5-4-16(28-29)20(32)15-8-24-11-25-21(15)26-17-7-13(10-30)19(31)18(17)27-22(33)34;16-11-3-1-2-10(6-11)8-21-5-4-13(20-21)14(22)12-7-18-9-19-15(12)17/h1-6,8,11,13,17-19,27,30-31H,7,9-10H2,(H,33,34)(H,24,25,26);1-7,9H,8H2/t13-,17-,18+,19-;/m1./s1. The van der Waals surface area contributed by atoms with Crippen LogP contribution in [0, 0.1) is 5.92 Å². The van der Waals surface area contributed by atoms with E-state index in [1.165, 1.54) is 25.0 Å². The van der Waals surface area contributed by atoms with Crippen LogP contribution in [0.4, 0.5) is 10.6 Å². The summed E-state index contributed by atoms with van der Waals surface area (Å²) in [7, 11) is 0. The first kappa shape index (κ1) is 40.3. The molecule has 0 saturated heterocycles. The Hall–Kier alpha value is -5.40. The number of carbonyl (C=O) groups is 3. The minimum Gasteiger partial charge on any atom is -0.465 e. The third-order valence-electron chi connectivity index (χ3n) is 8.77. The molecule has 1 saturated carbocycles. The van der Waals surface area contributed by atoms with Crippen molar-refractivity contribution in [2.24, 2.45) is 5.92 Å². The molecule has 0 spiro atoms. The number of rotatable bonds is 12. The molecule has 16 nitrogen and oxygen atoms in total. The first-order valence-corrected chi connectivity index (χ1v) is 18.9. The largest absolute Gasteiger partial charge is 0.465 e. The van der Waals surface area contributed by atoms with Gasteiger partial charge in [-0.05, 0) is 53.9 Å². The number of carboxylic acid groups (broad SMARTS) is 1. The third-order valence-corrected chi connectivity index (χ3v) is 10.1. The van der Waals surface area contributed by atoms with Gasteiger partial charge in [0.05, 0.1) is 42.4 Å². The van der Waals surface area contributed by atoms with Gasteiger partial charge in [-0.15, -0.1) is 0 Å². The minimum atomic E-state index is -1.30. The highest BCUT2D eigenvalue weighted by molar-refractivity contribution is 9.10. The second kappa shape index (κ2) is 18.5. The van der Waals surface area contributed by atoms with Crippen LogP contribution < -0.4 is 10.6 Å². The van der Waals surface area contributed by atoms with Crippen molar-refractivity contribution in [2.45, 2.75) is 37.7 Å². The molecule has 1 fully saturated rings. The van der Waals surface area contributed by atoms with Gasteiger partial charge in [0, 0.05) is 46.3 Å². The van der Waals surface area contributed by atoms with Gasteiger partial charge in [-0.1, -0.05) is 67.7 Å². The maximum absolute atomic E-state index is 13.2. The fourth-order valence-corrected chi connectivity index (χ4v) is 7.19. The zero-order valence-electron chi connectivity index (χ0n) is 29.2. The molecule has 0 unspecified atom stereocenters. The summed E-state index contributed by atoms with van der Waals surface area (Å²) in [5, 5.41) is 43.2. The Morgan fingerprint density at radius 3 is 1.91 bits per heavy atom. The molecular weight excluding hydrogens is 876 g/mol. The van der Waals surface area contributed by atoms with Crippen LogP contribution in [0.15, 0.2) is 107 Å². The lowest BCUT2D eigenvalue weighted by molar-refractivity contribution is 0.0713. The summed E-state index contributed by atoms with van der Waals surface area (Å²) in [6, 6.07) is 17.4. The predicted octanol–water partition coefficient (Wildman–Crippen LogP) is 4.87. The highest BCUT2D eigenvalue weighted by Crippen LogP contribution is 2.30. The molecule has 56 heavy (non-hydrogen) atoms. The van der Waals surface area contributed by atoms with Crippen molar-refractivity contribution in [3.8, 4) is 0 Å². The van der Waals surface area contributed by atoms with E-state index < -0.39 is 36.0 Å². The predicted molar refractivity (Wildman–Crippen MR) is 210 cm³/mol. The smallest absolute Gasteiger partial charge is 0.405 e. The van der Waals surface area contributed by atoms with E-state index in [0.29, 0.717) is 18.8 Å². The number of aliphatic hydroxyl groups excluding tert-OH is 2. The fraction of sp³-hybridized carbons (Fsp3) is 0.216. The Balaban J connectivity index is 0.000000208. The van der Waals surface area contributed by atoms with E-state index in [2.05, 4.69) is 72.6 Å². The molecular formula is C37H33Br2ClN10O6. The Labute approximate surface area is 341 Å². The van der Waals surface area contributed by atoms with Crippen molar-refractivity contribution in [3.05, 3.63) is 146 Å². The number of nitrogens with zero attached hydrogens (tertiary/aromatic N) is 8. The van der Waals surface area contributed by atoms with Gasteiger partial charge < -0.3 is 26.0 Å². The lowest BCUT2D eigenvalue weighted by Crippen LogP contribution is -2.49. The maximum atomic E-state index is 13.2. The lowest BCUT2D eigenvalue weighted by Gasteiger charge is -2.24. The van der Waals surface area contributed by atoms with Crippen molar-refractivity contribution >= 4 is 66.9 Å². The zero-order valence-corrected chi connectivity index (χ0v) is 33.1. The molecule has 0 bridgehead atoms. The SMILES string of the molecule is O=C(O)N[C@@H]1[C@H](O)[C@@H](CO)C[C@H]1Nc1ncncc1C(=O)c1ccn(Cc2cccc(Br)c2)n1.O=C(c1ccn(Cc2cccc(Br)c2)n1)c1cncnc1Cl. The van der Waals surface area contributed by atoms with Crippen LogP contribution in [0.1, 0.15) is 49.7 Å². The van der Waals surface area contributed by atoms with Gasteiger partial charge in [-0.25, -0.2) is 24.7 Å². The quantitative estimate of drug-likeness (QED) is 0.0818. The molecule has 0 aliphatic heterocycles. The van der Waals surface area contributed by atoms with E-state index in [4.69, 9.17) is 16.7 Å². The molecule has 7 rings (SSSR count). The molecule has 288 valence electrons. The monoisotopic (exact) mass is 906 g/mol. The number of carbonyl (C=O) groups excluding carboxylic acids is 2. The molecule has 0 radical (unpaired) electrons. The molecule has 1 aliphatic carbocycles. The van der Waals surface area contributed by atoms with Gasteiger partial charge in [0.2, 0.25) is 11.6 Å². The summed E-state index contributed by atoms with van der Waals surface area (Å²) in [4.78, 5) is 52.5. The number of aromatic nitrogens is 8. The molecule has 19 heteroatoms. The summed E-state index contributed by atoms with van der Waals surface area (Å²) < 4.78 is 5.30. The highest BCUT2D eigenvalue weighted by Gasteiger charge is 2.43. The van der Waals surface area contributed by atoms with Crippen LogP contribution in [0.5, 0.6) is 0 Å². The maximum Gasteiger partial charge on any atom is 0.405 e. The van der Waals surface area contributed by atoms with Crippen molar-refractivity contribution in [1.82, 2.24) is 44.8 Å². The molecule has 6 aromatic rings. The number of amides is 1. The first-order chi connectivity index (χ1) is 27.0. The normalized spacial score (nSPS) is 17.4. The molecule has 4 heterocycles. The number of hydrogen-bond acceptors (Lipinski definition) is 12. The van der Waals surface area contributed by atoms with Gasteiger partial charge in [-0.2, -0.15) is 10.2 Å². The van der Waals surface area contributed by atoms with Gasteiger partial charge >= 0.3 is 6.09 Å². The molecule has 4 aromatic heterocycles. The lowest BCUT2D eigenvalue weighted by atomic mass is 10.1. The Bertz CT molecular complexity index is 2340. The van der Waals surface area contributed by atoms with Crippen molar-refractivity contribution in [2.75, 3.05) is 11.9 Å². The van der Waals surface area contributed by atoms with Gasteiger partial charge in [0.15, 0.2) is 0 Å². The average Bonchev–Trinajstić information content (AvgIpc) is 3.92. The van der Waals surface area contributed by atoms with E-state index in [0.717, 1.165) is 20.1 Å². The molecule has 2 aromatic carbocycles. The molecule has 1 amide bonds. The summed E-state index contributed by atoms with van der Waals surface area (Å²) in [5.41, 5.74) is 3.01. The van der Waals surface area contributed by atoms with Crippen LogP contribution in [0.25, 0.3) is 0 Å². The number of halogens is 3. The third kappa shape index (κ3) is 10.1. The van der Waals surface area contributed by atoms with Gasteiger partial charge in [-0.3, -0.25) is 19.0 Å². The Kier molecular flexibility index (Phi) is 13.3. The number of anilines is 1. The molecule has 4 atom stereocenters. The Morgan fingerprint density at radius 1 is 0.821 bits per heavy atom. The van der Waals surface area contributed by atoms with Crippen LogP contribution in [0.3, 0.4) is 0 Å². The van der Waals surface area contributed by atoms with E-state index in [1.54, 1.807) is 33.9 Å². The second-order valence-electron chi connectivity index (χ2n) is 12.6. The average molecular weight is 909 g/mol. The van der Waals surface area contributed by atoms with E-state index in [1.807, 2.05) is 48.5 Å². The van der Waals surface area contributed by atoms with Crippen LogP contribution >= 0.6 is 43.5 Å². The van der Waals surface area contributed by atoms with E-state index in [-0.39, 0.29) is 46.6 Å². The molecule has 1 aliphatic rings. The summed E-state index contributed by atoms with van der Waals surface area (Å²) in [6.07, 6.45) is 6.66. The number of nitrogens with one attached hydrogen (secondary N) is 2. The molecule has 5 N–H and O–H groups in total. The van der Waals surface area contributed by atoms with Crippen molar-refractivity contribution < 1.29 is 29.7 Å². The van der Waals surface area contributed by atoms with Gasteiger partial charge in [0.25, 0.3) is 0 Å². The zero-order chi connectivity index (χ0) is 39.8. The van der Waals surface area contributed by atoms with Crippen LogP contribution in [-0.4, -0.2) is 97.3 Å². The van der Waals surface area contributed by atoms with Gasteiger partial charge in [0.1, 0.15) is 35.0 Å². The van der Waals surface area contributed by atoms with Crippen LogP contribution in [0.2, 0.25) is 5.15 Å². The topological polar surface area (TPSA) is 223 Å². The summed E-state index contributed by atoms with van der Waals surface area (Å²) in [6.45, 7) is 0.752. The van der Waals surface area contributed by atoms with E-state index >= 15 is 0 Å². The number of benzene rings is 2. The number of ketones is 2. The van der Waals surface area contributed by atoms with Crippen molar-refractivity contribution in [1.29, 1.82) is 0 Å². The Morgan fingerprint density at radius 2 is 1.38 bits per heavy atom. The number of hydrogen-bond donors (Lipinski definition) is 5. The summed E-state index contributed by atoms with van der Waals surface area (Å²) in [5.74, 6) is -1.03. The van der Waals surface area contributed by atoms with Crippen molar-refractivity contribution in [3.63, 3.8) is 0 Å². The highest BCUT2D eigenvalue weighted by atomic mass is 79.9.